The van der Waals surface area contributed by atoms with Crippen molar-refractivity contribution >= 4 is 5.65 Å². The van der Waals surface area contributed by atoms with E-state index in [1.807, 2.05) is 17.1 Å². The average Bonchev–Trinajstić information content (AvgIpc) is 3.25. The van der Waals surface area contributed by atoms with Crippen molar-refractivity contribution in [2.24, 2.45) is 0 Å². The lowest BCUT2D eigenvalue weighted by molar-refractivity contribution is 0.196. The summed E-state index contributed by atoms with van der Waals surface area (Å²) >= 11 is 0. The Kier molecular flexibility index (Phi) is 4.55. The first-order valence-corrected chi connectivity index (χ1v) is 9.02. The molecule has 1 fully saturated rings. The van der Waals surface area contributed by atoms with Gasteiger partial charge in [-0.25, -0.2) is 4.98 Å². The second-order valence-corrected chi connectivity index (χ2v) is 6.89. The molecule has 3 aromatic rings. The minimum Gasteiger partial charge on any atom is -0.394 e. The third-order valence-electron chi connectivity index (χ3n) is 5.26. The SMILES string of the molecule is Cc1cccn2c(CN3CCC(c4ccnn4CCO)CC3)cnc12. The zero-order chi connectivity index (χ0) is 17.2. The number of fused-ring (bicyclic) bond motifs is 1. The summed E-state index contributed by atoms with van der Waals surface area (Å²) in [6.45, 7) is 5.92. The largest absolute Gasteiger partial charge is 0.394 e. The lowest BCUT2D eigenvalue weighted by atomic mass is 9.93. The van der Waals surface area contributed by atoms with Crippen LogP contribution in [0.3, 0.4) is 0 Å². The smallest absolute Gasteiger partial charge is 0.139 e. The summed E-state index contributed by atoms with van der Waals surface area (Å²) in [5.74, 6) is 0.537. The van der Waals surface area contributed by atoms with Gasteiger partial charge in [0.1, 0.15) is 5.65 Å². The van der Waals surface area contributed by atoms with E-state index >= 15 is 0 Å². The molecule has 1 saturated heterocycles. The molecular formula is C19H25N5O. The molecule has 0 atom stereocenters. The van der Waals surface area contributed by atoms with Gasteiger partial charge in [-0.1, -0.05) is 6.07 Å². The molecule has 0 bridgehead atoms. The highest BCUT2D eigenvalue weighted by Crippen LogP contribution is 2.28. The summed E-state index contributed by atoms with van der Waals surface area (Å²) in [4.78, 5) is 7.08. The number of hydrogen-bond donors (Lipinski definition) is 1. The Morgan fingerprint density at radius 2 is 2.08 bits per heavy atom. The average molecular weight is 339 g/mol. The van der Waals surface area contributed by atoms with E-state index in [1.54, 1.807) is 0 Å². The minimum absolute atomic E-state index is 0.140. The van der Waals surface area contributed by atoms with E-state index in [0.29, 0.717) is 12.5 Å². The van der Waals surface area contributed by atoms with Crippen molar-refractivity contribution in [2.75, 3.05) is 19.7 Å². The van der Waals surface area contributed by atoms with E-state index in [-0.39, 0.29) is 6.61 Å². The lowest BCUT2D eigenvalue weighted by Crippen LogP contribution is -2.33. The van der Waals surface area contributed by atoms with Crippen LogP contribution in [0.5, 0.6) is 0 Å². The van der Waals surface area contributed by atoms with Crippen LogP contribution in [-0.2, 0) is 13.1 Å². The van der Waals surface area contributed by atoms with Crippen LogP contribution in [0.25, 0.3) is 5.65 Å². The molecule has 0 spiro atoms. The molecule has 0 saturated carbocycles. The molecule has 6 nitrogen and oxygen atoms in total. The lowest BCUT2D eigenvalue weighted by Gasteiger charge is -2.32. The first-order valence-electron chi connectivity index (χ1n) is 9.02. The van der Waals surface area contributed by atoms with E-state index < -0.39 is 0 Å². The van der Waals surface area contributed by atoms with E-state index in [9.17, 15) is 5.11 Å². The van der Waals surface area contributed by atoms with Gasteiger partial charge >= 0.3 is 0 Å². The van der Waals surface area contributed by atoms with Crippen LogP contribution in [0, 0.1) is 6.92 Å². The van der Waals surface area contributed by atoms with Crippen molar-refractivity contribution in [2.45, 2.75) is 38.8 Å². The number of aryl methyl sites for hydroxylation is 1. The van der Waals surface area contributed by atoms with Gasteiger partial charge in [0.15, 0.2) is 0 Å². The Balaban J connectivity index is 1.42. The predicted molar refractivity (Wildman–Crippen MR) is 96.5 cm³/mol. The van der Waals surface area contributed by atoms with Gasteiger partial charge in [-0.3, -0.25) is 9.58 Å². The number of pyridine rings is 1. The maximum atomic E-state index is 9.18. The zero-order valence-electron chi connectivity index (χ0n) is 14.7. The molecule has 4 heterocycles. The van der Waals surface area contributed by atoms with Crippen LogP contribution in [-0.4, -0.2) is 48.9 Å². The van der Waals surface area contributed by atoms with Crippen LogP contribution >= 0.6 is 0 Å². The normalized spacial score (nSPS) is 16.7. The summed E-state index contributed by atoms with van der Waals surface area (Å²) in [7, 11) is 0. The van der Waals surface area contributed by atoms with Crippen LogP contribution < -0.4 is 0 Å². The molecule has 1 aliphatic heterocycles. The van der Waals surface area contributed by atoms with Crippen LogP contribution in [0.1, 0.15) is 35.7 Å². The van der Waals surface area contributed by atoms with Gasteiger partial charge in [0.05, 0.1) is 25.0 Å². The first-order chi connectivity index (χ1) is 12.3. The summed E-state index contributed by atoms with van der Waals surface area (Å²) in [5, 5.41) is 13.5. The number of likely N-dealkylation sites (tertiary alicyclic amines) is 1. The number of aliphatic hydroxyl groups is 1. The highest BCUT2D eigenvalue weighted by Gasteiger charge is 2.23. The maximum Gasteiger partial charge on any atom is 0.139 e. The van der Waals surface area contributed by atoms with Gasteiger partial charge in [0.2, 0.25) is 0 Å². The van der Waals surface area contributed by atoms with E-state index in [0.717, 1.165) is 38.1 Å². The van der Waals surface area contributed by atoms with Gasteiger partial charge in [0.25, 0.3) is 0 Å². The fourth-order valence-electron chi connectivity index (χ4n) is 3.91. The number of imidazole rings is 1. The fraction of sp³-hybridized carbons (Fsp3) is 0.474. The number of aromatic nitrogens is 4. The highest BCUT2D eigenvalue weighted by molar-refractivity contribution is 5.48. The number of nitrogens with zero attached hydrogens (tertiary/aromatic N) is 5. The molecule has 0 aromatic carbocycles. The number of piperidine rings is 1. The Labute approximate surface area is 147 Å². The number of hydrogen-bond acceptors (Lipinski definition) is 4. The van der Waals surface area contributed by atoms with Crippen molar-refractivity contribution < 1.29 is 5.11 Å². The number of rotatable bonds is 5. The number of aliphatic hydroxyl groups excluding tert-OH is 1. The maximum absolute atomic E-state index is 9.18. The molecule has 6 heteroatoms. The molecule has 0 amide bonds. The van der Waals surface area contributed by atoms with Gasteiger partial charge in [-0.05, 0) is 50.6 Å². The van der Waals surface area contributed by atoms with Crippen molar-refractivity contribution in [3.05, 3.63) is 53.7 Å². The fourth-order valence-corrected chi connectivity index (χ4v) is 3.91. The van der Waals surface area contributed by atoms with Gasteiger partial charge in [-0.2, -0.15) is 5.10 Å². The Morgan fingerprint density at radius 3 is 2.88 bits per heavy atom. The van der Waals surface area contributed by atoms with Gasteiger partial charge in [0, 0.05) is 30.6 Å². The topological polar surface area (TPSA) is 58.6 Å². The Morgan fingerprint density at radius 1 is 1.24 bits per heavy atom. The summed E-state index contributed by atoms with van der Waals surface area (Å²) in [6.07, 6.45) is 8.22. The quantitative estimate of drug-likeness (QED) is 0.774. The van der Waals surface area contributed by atoms with Crippen LogP contribution in [0.4, 0.5) is 0 Å². The molecular weight excluding hydrogens is 314 g/mol. The predicted octanol–water partition coefficient (Wildman–Crippen LogP) is 2.21. The summed E-state index contributed by atoms with van der Waals surface area (Å²) in [5.41, 5.74) is 4.78. The molecule has 25 heavy (non-hydrogen) atoms. The van der Waals surface area contributed by atoms with Crippen molar-refractivity contribution in [3.8, 4) is 0 Å². The Hall–Kier alpha value is -2.18. The van der Waals surface area contributed by atoms with Crippen LogP contribution in [0.15, 0.2) is 36.8 Å². The van der Waals surface area contributed by atoms with E-state index in [4.69, 9.17) is 0 Å². The molecule has 3 aromatic heterocycles. The minimum atomic E-state index is 0.140. The molecule has 0 radical (unpaired) electrons. The first kappa shape index (κ1) is 16.3. The second-order valence-electron chi connectivity index (χ2n) is 6.89. The highest BCUT2D eigenvalue weighted by atomic mass is 16.3. The monoisotopic (exact) mass is 339 g/mol. The summed E-state index contributed by atoms with van der Waals surface area (Å²) in [6, 6.07) is 6.29. The zero-order valence-corrected chi connectivity index (χ0v) is 14.7. The Bertz CT molecular complexity index is 844. The molecule has 0 aliphatic carbocycles. The molecule has 1 N–H and O–H groups in total. The van der Waals surface area contributed by atoms with Crippen molar-refractivity contribution in [1.82, 2.24) is 24.1 Å². The standard InChI is InChI=1S/C19H25N5O/c1-15-3-2-8-23-17(13-20-19(15)23)14-22-9-5-16(6-10-22)18-4-7-21-24(18)11-12-25/h2-4,7-8,13,16,25H,5-6,9-12,14H2,1H3. The van der Waals surface area contributed by atoms with E-state index in [2.05, 4.69) is 50.7 Å². The second kappa shape index (κ2) is 6.98. The van der Waals surface area contributed by atoms with Gasteiger partial charge < -0.3 is 9.51 Å². The van der Waals surface area contributed by atoms with Crippen molar-refractivity contribution in [1.29, 1.82) is 0 Å². The third kappa shape index (κ3) is 3.19. The molecule has 1 aliphatic rings. The molecule has 132 valence electrons. The van der Waals surface area contributed by atoms with E-state index in [1.165, 1.54) is 17.0 Å². The van der Waals surface area contributed by atoms with Crippen LogP contribution in [0.2, 0.25) is 0 Å². The van der Waals surface area contributed by atoms with Crippen molar-refractivity contribution in [3.63, 3.8) is 0 Å². The third-order valence-corrected chi connectivity index (χ3v) is 5.26. The molecule has 4 rings (SSSR count). The molecule has 0 unspecified atom stereocenters. The summed E-state index contributed by atoms with van der Waals surface area (Å²) < 4.78 is 4.16. The van der Waals surface area contributed by atoms with Gasteiger partial charge in [-0.15, -0.1) is 0 Å².